The molecule has 0 fully saturated rings. The monoisotopic (exact) mass is 552 g/mol. The van der Waals surface area contributed by atoms with Gasteiger partial charge in [-0.1, -0.05) is 49.4 Å². The van der Waals surface area contributed by atoms with Crippen LogP contribution in [0.15, 0.2) is 77.7 Å². The van der Waals surface area contributed by atoms with Crippen molar-refractivity contribution in [2.75, 3.05) is 17.6 Å². The molecule has 0 aliphatic carbocycles. The zero-order valence-corrected chi connectivity index (χ0v) is 22.3. The summed E-state index contributed by atoms with van der Waals surface area (Å²) in [6, 6.07) is 17.9. The SMILES string of the molecule is CCCNC(=O)Nc1cccc(S(=O)(=O)Cc2cccc([C@H](CC(=O)O)NC(=O)Cc3ccc(N)cc3)c2)c1. The van der Waals surface area contributed by atoms with Gasteiger partial charge < -0.3 is 26.8 Å². The van der Waals surface area contributed by atoms with Gasteiger partial charge in [0.05, 0.1) is 29.5 Å². The topological polar surface area (TPSA) is 168 Å². The molecular formula is C28H32N4O6S. The van der Waals surface area contributed by atoms with E-state index in [0.29, 0.717) is 29.0 Å². The fourth-order valence-corrected chi connectivity index (χ4v) is 5.25. The zero-order chi connectivity index (χ0) is 28.4. The van der Waals surface area contributed by atoms with Crippen LogP contribution in [0.5, 0.6) is 0 Å². The maximum atomic E-state index is 13.2. The smallest absolute Gasteiger partial charge is 0.319 e. The number of aliphatic carboxylic acids is 1. The second-order valence-corrected chi connectivity index (χ2v) is 11.0. The number of hydrogen-bond donors (Lipinski definition) is 5. The number of carbonyl (C=O) groups is 3. The van der Waals surface area contributed by atoms with Crippen molar-refractivity contribution in [2.45, 2.75) is 42.9 Å². The molecule has 0 aromatic heterocycles. The quantitative estimate of drug-likeness (QED) is 0.214. The fraction of sp³-hybridized carbons (Fsp3) is 0.250. The van der Waals surface area contributed by atoms with Crippen LogP contribution in [-0.4, -0.2) is 38.0 Å². The summed E-state index contributed by atoms with van der Waals surface area (Å²) < 4.78 is 26.3. The molecule has 0 heterocycles. The molecule has 1 atom stereocenters. The van der Waals surface area contributed by atoms with Gasteiger partial charge in [0.15, 0.2) is 9.84 Å². The minimum Gasteiger partial charge on any atom is -0.481 e. The molecule has 6 N–H and O–H groups in total. The van der Waals surface area contributed by atoms with E-state index in [4.69, 9.17) is 5.73 Å². The van der Waals surface area contributed by atoms with Gasteiger partial charge in [0, 0.05) is 17.9 Å². The Morgan fingerprint density at radius 2 is 1.67 bits per heavy atom. The summed E-state index contributed by atoms with van der Waals surface area (Å²) in [4.78, 5) is 36.2. The molecular weight excluding hydrogens is 520 g/mol. The molecule has 206 valence electrons. The standard InChI is InChI=1S/C28H32N4O6S/c1-2-13-30-28(36)31-23-7-4-8-24(16-23)39(37,38)18-20-5-3-6-21(14-20)25(17-27(34)35)32-26(33)15-19-9-11-22(29)12-10-19/h3-12,14,16,25H,2,13,15,17-18,29H2,1H3,(H,32,33)(H,34,35)(H2,30,31,36)/t25-/m0/s1. The van der Waals surface area contributed by atoms with Gasteiger partial charge in [0.25, 0.3) is 0 Å². The Morgan fingerprint density at radius 3 is 2.36 bits per heavy atom. The van der Waals surface area contributed by atoms with Crippen LogP contribution in [0, 0.1) is 0 Å². The molecule has 39 heavy (non-hydrogen) atoms. The summed E-state index contributed by atoms with van der Waals surface area (Å²) in [5.74, 6) is -1.85. The van der Waals surface area contributed by atoms with Crippen LogP contribution in [0.4, 0.5) is 16.2 Å². The van der Waals surface area contributed by atoms with Crippen molar-refractivity contribution in [3.63, 3.8) is 0 Å². The van der Waals surface area contributed by atoms with E-state index >= 15 is 0 Å². The number of carboxylic acid groups (broad SMARTS) is 1. The molecule has 0 aliphatic rings. The van der Waals surface area contributed by atoms with Crippen LogP contribution in [0.2, 0.25) is 0 Å². The average Bonchev–Trinajstić information content (AvgIpc) is 2.88. The van der Waals surface area contributed by atoms with Crippen molar-refractivity contribution in [3.05, 3.63) is 89.5 Å². The highest BCUT2D eigenvalue weighted by molar-refractivity contribution is 7.90. The van der Waals surface area contributed by atoms with Gasteiger partial charge in [-0.25, -0.2) is 13.2 Å². The Kier molecular flexibility index (Phi) is 10.0. The van der Waals surface area contributed by atoms with Crippen molar-refractivity contribution < 1.29 is 27.9 Å². The van der Waals surface area contributed by atoms with Crippen molar-refractivity contribution in [1.29, 1.82) is 0 Å². The first-order valence-corrected chi connectivity index (χ1v) is 14.0. The van der Waals surface area contributed by atoms with E-state index in [1.807, 2.05) is 6.92 Å². The largest absolute Gasteiger partial charge is 0.481 e. The van der Waals surface area contributed by atoms with Crippen LogP contribution in [0.1, 0.15) is 42.5 Å². The predicted molar refractivity (Wildman–Crippen MR) is 149 cm³/mol. The molecule has 3 aromatic carbocycles. The third kappa shape index (κ3) is 9.15. The zero-order valence-electron chi connectivity index (χ0n) is 21.5. The Morgan fingerprint density at radius 1 is 0.949 bits per heavy atom. The van der Waals surface area contributed by atoms with Crippen LogP contribution in [0.25, 0.3) is 0 Å². The lowest BCUT2D eigenvalue weighted by Crippen LogP contribution is -2.31. The Labute approximate surface area is 227 Å². The van der Waals surface area contributed by atoms with Gasteiger partial charge in [-0.2, -0.15) is 0 Å². The molecule has 10 nitrogen and oxygen atoms in total. The van der Waals surface area contributed by atoms with Gasteiger partial charge in [0.1, 0.15) is 0 Å². The molecule has 3 rings (SSSR count). The molecule has 0 saturated carbocycles. The maximum absolute atomic E-state index is 13.2. The van der Waals surface area contributed by atoms with E-state index in [0.717, 1.165) is 12.0 Å². The van der Waals surface area contributed by atoms with Gasteiger partial charge in [-0.15, -0.1) is 0 Å². The van der Waals surface area contributed by atoms with Crippen molar-refractivity contribution in [1.82, 2.24) is 10.6 Å². The summed E-state index contributed by atoms with van der Waals surface area (Å²) in [5.41, 5.74) is 8.19. The van der Waals surface area contributed by atoms with Gasteiger partial charge in [-0.05, 0) is 53.4 Å². The number of carboxylic acids is 1. The normalized spacial score (nSPS) is 11.8. The summed E-state index contributed by atoms with van der Waals surface area (Å²) in [6.45, 7) is 2.41. The lowest BCUT2D eigenvalue weighted by molar-refractivity contribution is -0.137. The number of carbonyl (C=O) groups excluding carboxylic acids is 2. The average molecular weight is 553 g/mol. The highest BCUT2D eigenvalue weighted by atomic mass is 32.2. The minimum absolute atomic E-state index is 0.0279. The molecule has 11 heteroatoms. The molecule has 0 spiro atoms. The number of sulfone groups is 1. The second-order valence-electron chi connectivity index (χ2n) is 9.05. The maximum Gasteiger partial charge on any atom is 0.319 e. The molecule has 3 aromatic rings. The van der Waals surface area contributed by atoms with E-state index in [2.05, 4.69) is 16.0 Å². The summed E-state index contributed by atoms with van der Waals surface area (Å²) >= 11 is 0. The molecule has 0 saturated heterocycles. The summed E-state index contributed by atoms with van der Waals surface area (Å²) in [7, 11) is -3.81. The van der Waals surface area contributed by atoms with Crippen LogP contribution < -0.4 is 21.7 Å². The summed E-state index contributed by atoms with van der Waals surface area (Å²) in [6.07, 6.45) is 0.420. The number of nitrogens with two attached hydrogens (primary N) is 1. The number of amides is 3. The lowest BCUT2D eigenvalue weighted by Gasteiger charge is -2.18. The van der Waals surface area contributed by atoms with Crippen LogP contribution in [0.3, 0.4) is 0 Å². The van der Waals surface area contributed by atoms with E-state index < -0.39 is 27.9 Å². The van der Waals surface area contributed by atoms with Gasteiger partial charge >= 0.3 is 12.0 Å². The highest BCUT2D eigenvalue weighted by Crippen LogP contribution is 2.24. The van der Waals surface area contributed by atoms with E-state index in [1.165, 1.54) is 18.2 Å². The van der Waals surface area contributed by atoms with Gasteiger partial charge in [-0.3, -0.25) is 9.59 Å². The number of nitrogens with one attached hydrogen (secondary N) is 3. The number of anilines is 2. The first-order valence-electron chi connectivity index (χ1n) is 12.4. The molecule has 3 amide bonds. The highest BCUT2D eigenvalue weighted by Gasteiger charge is 2.21. The third-order valence-electron chi connectivity index (χ3n) is 5.76. The van der Waals surface area contributed by atoms with Crippen molar-refractivity contribution >= 4 is 39.1 Å². The third-order valence-corrected chi connectivity index (χ3v) is 7.44. The molecule has 0 unspecified atom stereocenters. The van der Waals surface area contributed by atoms with Crippen molar-refractivity contribution in [2.24, 2.45) is 0 Å². The number of rotatable bonds is 12. The van der Waals surface area contributed by atoms with Crippen LogP contribution >= 0.6 is 0 Å². The number of nitrogen functional groups attached to an aromatic ring is 1. The molecule has 0 aliphatic heterocycles. The van der Waals surface area contributed by atoms with E-state index in [9.17, 15) is 27.9 Å². The Balaban J connectivity index is 1.75. The van der Waals surface area contributed by atoms with Gasteiger partial charge in [0.2, 0.25) is 5.91 Å². The fourth-order valence-electron chi connectivity index (χ4n) is 3.88. The van der Waals surface area contributed by atoms with Crippen molar-refractivity contribution in [3.8, 4) is 0 Å². The lowest BCUT2D eigenvalue weighted by atomic mass is 10.0. The Bertz CT molecular complexity index is 1420. The van der Waals surface area contributed by atoms with E-state index in [1.54, 1.807) is 54.6 Å². The van der Waals surface area contributed by atoms with Crippen LogP contribution in [-0.2, 0) is 31.6 Å². The first kappa shape index (κ1) is 29.2. The molecule has 0 bridgehead atoms. The first-order chi connectivity index (χ1) is 18.6. The molecule has 0 radical (unpaired) electrons. The number of hydrogen-bond acceptors (Lipinski definition) is 6. The second kappa shape index (κ2) is 13.4. The predicted octanol–water partition coefficient (Wildman–Crippen LogP) is 3.65. The Hall–Kier alpha value is -4.38. The summed E-state index contributed by atoms with van der Waals surface area (Å²) in [5, 5.41) is 17.4. The van der Waals surface area contributed by atoms with E-state index in [-0.39, 0.29) is 29.4 Å². The number of urea groups is 1. The minimum atomic E-state index is -3.81. The number of benzene rings is 3.